The van der Waals surface area contributed by atoms with Gasteiger partial charge in [-0.2, -0.15) is 0 Å². The Kier molecular flexibility index (Phi) is 6.88. The number of rotatable bonds is 8. The molecule has 3 aromatic carbocycles. The van der Waals surface area contributed by atoms with Gasteiger partial charge in [-0.25, -0.2) is 4.79 Å². The smallest absolute Gasteiger partial charge is 0.335 e. The number of carbonyl (C=O) groups excluding carboxylic acids is 2. The number of nitrogens with two attached hydrogens (primary N) is 1. The molecule has 0 spiro atoms. The van der Waals surface area contributed by atoms with E-state index in [4.69, 9.17) is 15.6 Å². The van der Waals surface area contributed by atoms with Crippen LogP contribution >= 0.6 is 0 Å². The number of nitrogens with one attached hydrogen (secondary N) is 1. The van der Waals surface area contributed by atoms with Crippen LogP contribution in [-0.4, -0.2) is 58.7 Å². The minimum absolute atomic E-state index is 0.0341. The lowest BCUT2D eigenvalue weighted by Gasteiger charge is -2.35. The van der Waals surface area contributed by atoms with E-state index in [1.807, 2.05) is 24.3 Å². The number of ether oxygens (including phenoxy) is 1. The van der Waals surface area contributed by atoms with Crippen LogP contribution in [0.2, 0.25) is 0 Å². The second-order valence-electron chi connectivity index (χ2n) is 9.81. The SMILES string of the molecule is NC(=O)c1ccc(-c2cccc(CN3CCOC[C@@H]3C(=O)NC3(c4ccc(C(=O)O)cc4)CC3)c2)c(O)c1. The molecule has 1 heterocycles. The van der Waals surface area contributed by atoms with E-state index in [1.54, 1.807) is 36.4 Å². The van der Waals surface area contributed by atoms with Crippen molar-refractivity contribution < 1.29 is 29.3 Å². The summed E-state index contributed by atoms with van der Waals surface area (Å²) >= 11 is 0. The summed E-state index contributed by atoms with van der Waals surface area (Å²) in [6.45, 7) is 1.88. The lowest BCUT2D eigenvalue weighted by atomic mass is 9.99. The Balaban J connectivity index is 1.30. The quantitative estimate of drug-likeness (QED) is 0.361. The van der Waals surface area contributed by atoms with Crippen molar-refractivity contribution in [1.82, 2.24) is 10.2 Å². The van der Waals surface area contributed by atoms with Gasteiger partial charge in [-0.3, -0.25) is 14.5 Å². The van der Waals surface area contributed by atoms with Crippen molar-refractivity contribution in [2.75, 3.05) is 19.8 Å². The lowest BCUT2D eigenvalue weighted by Crippen LogP contribution is -2.55. The number of hydrogen-bond acceptors (Lipinski definition) is 6. The van der Waals surface area contributed by atoms with Crippen molar-refractivity contribution in [2.45, 2.75) is 31.0 Å². The summed E-state index contributed by atoms with van der Waals surface area (Å²) in [5.41, 5.74) is 8.50. The molecule has 1 aliphatic carbocycles. The number of amides is 2. The standard InChI is InChI=1S/C29H29N3O6/c30-26(34)21-6-9-23(25(33)15-21)20-3-1-2-18(14-20)16-32-12-13-38-17-24(32)27(35)31-29(10-11-29)22-7-4-19(5-8-22)28(36)37/h1-9,14-15,24,33H,10-13,16-17H2,(H2,30,34)(H,31,35)(H,36,37)/t24-/m1/s1. The lowest BCUT2D eigenvalue weighted by molar-refractivity contribution is -0.134. The van der Waals surface area contributed by atoms with Gasteiger partial charge in [-0.15, -0.1) is 0 Å². The van der Waals surface area contributed by atoms with Gasteiger partial charge in [0.2, 0.25) is 11.8 Å². The third-order valence-corrected chi connectivity index (χ3v) is 7.24. The highest BCUT2D eigenvalue weighted by atomic mass is 16.5. The zero-order valence-electron chi connectivity index (χ0n) is 20.7. The molecule has 0 aromatic heterocycles. The van der Waals surface area contributed by atoms with Crippen molar-refractivity contribution in [3.05, 3.63) is 89.0 Å². The fourth-order valence-electron chi connectivity index (χ4n) is 4.93. The van der Waals surface area contributed by atoms with Gasteiger partial charge in [-0.05, 0) is 65.9 Å². The predicted octanol–water partition coefficient (Wildman–Crippen LogP) is 2.86. The second kappa shape index (κ2) is 10.3. The molecule has 1 saturated heterocycles. The van der Waals surface area contributed by atoms with Crippen LogP contribution in [0.15, 0.2) is 66.7 Å². The maximum Gasteiger partial charge on any atom is 0.335 e. The van der Waals surface area contributed by atoms with Gasteiger partial charge in [0.1, 0.15) is 11.8 Å². The summed E-state index contributed by atoms with van der Waals surface area (Å²) in [7, 11) is 0. The summed E-state index contributed by atoms with van der Waals surface area (Å²) < 4.78 is 5.65. The van der Waals surface area contributed by atoms with E-state index in [-0.39, 0.29) is 29.4 Å². The molecular weight excluding hydrogens is 486 g/mol. The molecule has 2 fully saturated rings. The molecule has 5 rings (SSSR count). The molecule has 1 saturated carbocycles. The van der Waals surface area contributed by atoms with Crippen LogP contribution in [0.4, 0.5) is 0 Å². The van der Waals surface area contributed by atoms with Crippen LogP contribution in [0, 0.1) is 0 Å². The van der Waals surface area contributed by atoms with Crippen molar-refractivity contribution >= 4 is 17.8 Å². The number of phenols is 1. The maximum absolute atomic E-state index is 13.4. The number of benzene rings is 3. The molecule has 196 valence electrons. The Labute approximate surface area is 219 Å². The average Bonchev–Trinajstić information content (AvgIpc) is 3.69. The summed E-state index contributed by atoms with van der Waals surface area (Å²) in [6.07, 6.45) is 1.58. The van der Waals surface area contributed by atoms with Crippen molar-refractivity contribution in [3.63, 3.8) is 0 Å². The minimum atomic E-state index is -0.984. The van der Waals surface area contributed by atoms with Crippen LogP contribution in [-0.2, 0) is 21.6 Å². The van der Waals surface area contributed by atoms with Crippen molar-refractivity contribution in [1.29, 1.82) is 0 Å². The molecule has 2 amide bonds. The summed E-state index contributed by atoms with van der Waals surface area (Å²) in [4.78, 5) is 38.1. The Morgan fingerprint density at radius 2 is 1.76 bits per heavy atom. The molecule has 1 atom stereocenters. The minimum Gasteiger partial charge on any atom is -0.507 e. The predicted molar refractivity (Wildman–Crippen MR) is 140 cm³/mol. The number of carbonyl (C=O) groups is 3. The van der Waals surface area contributed by atoms with Crippen LogP contribution in [0.5, 0.6) is 5.75 Å². The monoisotopic (exact) mass is 515 g/mol. The molecule has 9 nitrogen and oxygen atoms in total. The summed E-state index contributed by atoms with van der Waals surface area (Å²) in [6, 6.07) is 18.5. The normalized spacial score (nSPS) is 18.5. The van der Waals surface area contributed by atoms with Crippen LogP contribution in [0.3, 0.4) is 0 Å². The zero-order chi connectivity index (χ0) is 26.9. The Morgan fingerprint density at radius 1 is 1.03 bits per heavy atom. The fourth-order valence-corrected chi connectivity index (χ4v) is 4.93. The Hall–Kier alpha value is -4.21. The molecule has 9 heteroatoms. The molecule has 0 unspecified atom stereocenters. The first-order chi connectivity index (χ1) is 18.3. The van der Waals surface area contributed by atoms with E-state index in [2.05, 4.69) is 10.2 Å². The molecule has 0 bridgehead atoms. The van der Waals surface area contributed by atoms with E-state index in [1.165, 1.54) is 6.07 Å². The van der Waals surface area contributed by atoms with Crippen LogP contribution in [0.25, 0.3) is 11.1 Å². The molecule has 5 N–H and O–H groups in total. The number of aromatic hydroxyl groups is 1. The Morgan fingerprint density at radius 3 is 2.42 bits per heavy atom. The van der Waals surface area contributed by atoms with Crippen LogP contribution in [0.1, 0.15) is 44.7 Å². The highest BCUT2D eigenvalue weighted by molar-refractivity contribution is 5.94. The van der Waals surface area contributed by atoms with Gasteiger partial charge in [-0.1, -0.05) is 30.3 Å². The van der Waals surface area contributed by atoms with E-state index in [0.717, 1.165) is 29.5 Å². The fraction of sp³-hybridized carbons (Fsp3) is 0.276. The average molecular weight is 516 g/mol. The largest absolute Gasteiger partial charge is 0.507 e. The third-order valence-electron chi connectivity index (χ3n) is 7.24. The first-order valence-corrected chi connectivity index (χ1v) is 12.5. The molecule has 1 aliphatic heterocycles. The number of morpholine rings is 1. The maximum atomic E-state index is 13.4. The Bertz CT molecular complexity index is 1380. The molecule has 38 heavy (non-hydrogen) atoms. The number of carboxylic acid groups (broad SMARTS) is 1. The van der Waals surface area contributed by atoms with Gasteiger partial charge in [0.05, 0.1) is 24.3 Å². The molecule has 0 radical (unpaired) electrons. The van der Waals surface area contributed by atoms with Crippen molar-refractivity contribution in [2.24, 2.45) is 5.73 Å². The van der Waals surface area contributed by atoms with E-state index in [9.17, 15) is 19.5 Å². The second-order valence-corrected chi connectivity index (χ2v) is 9.81. The highest BCUT2D eigenvalue weighted by Gasteiger charge is 2.47. The van der Waals surface area contributed by atoms with Gasteiger partial charge >= 0.3 is 5.97 Å². The van der Waals surface area contributed by atoms with Gasteiger partial charge in [0.25, 0.3) is 0 Å². The number of hydrogen-bond donors (Lipinski definition) is 4. The topological polar surface area (TPSA) is 142 Å². The van der Waals surface area contributed by atoms with Crippen LogP contribution < -0.4 is 11.1 Å². The number of carboxylic acids is 1. The summed E-state index contributed by atoms with van der Waals surface area (Å²) in [5, 5.41) is 22.8. The number of nitrogens with zero attached hydrogens (tertiary/aromatic N) is 1. The third kappa shape index (κ3) is 5.25. The van der Waals surface area contributed by atoms with E-state index in [0.29, 0.717) is 25.3 Å². The molecular formula is C29H29N3O6. The summed E-state index contributed by atoms with van der Waals surface area (Å²) in [5.74, 6) is -1.75. The molecule has 3 aromatic rings. The van der Waals surface area contributed by atoms with Gasteiger partial charge in [0, 0.05) is 24.2 Å². The van der Waals surface area contributed by atoms with E-state index < -0.39 is 23.5 Å². The van der Waals surface area contributed by atoms with Gasteiger partial charge < -0.3 is 26.0 Å². The highest BCUT2D eigenvalue weighted by Crippen LogP contribution is 2.45. The number of aromatic carboxylic acids is 1. The van der Waals surface area contributed by atoms with Gasteiger partial charge in [0.15, 0.2) is 0 Å². The first kappa shape index (κ1) is 25.4. The number of primary amides is 1. The number of phenolic OH excluding ortho intramolecular Hbond substituents is 1. The zero-order valence-corrected chi connectivity index (χ0v) is 20.7. The van der Waals surface area contributed by atoms with Crippen molar-refractivity contribution in [3.8, 4) is 16.9 Å². The van der Waals surface area contributed by atoms with E-state index >= 15 is 0 Å². The first-order valence-electron chi connectivity index (χ1n) is 12.5. The molecule has 2 aliphatic rings.